The van der Waals surface area contributed by atoms with Crippen molar-refractivity contribution in [3.8, 4) is 0 Å². The monoisotopic (exact) mass is 245 g/mol. The molecular formula is C11H13Cl2NO. The van der Waals surface area contributed by atoms with Gasteiger partial charge in [-0.2, -0.15) is 0 Å². The molecule has 0 bridgehead atoms. The Morgan fingerprint density at radius 2 is 2.20 bits per heavy atom. The Morgan fingerprint density at radius 3 is 2.80 bits per heavy atom. The van der Waals surface area contributed by atoms with Gasteiger partial charge in [0.05, 0.1) is 0 Å². The number of amides is 1. The number of benzene rings is 1. The second-order valence-electron chi connectivity index (χ2n) is 3.45. The third kappa shape index (κ3) is 3.73. The first-order chi connectivity index (χ1) is 7.00. The molecule has 0 spiro atoms. The Balaban J connectivity index is 2.77. The Labute approximate surface area is 99.6 Å². The van der Waals surface area contributed by atoms with E-state index in [-0.39, 0.29) is 11.3 Å². The first kappa shape index (κ1) is 12.3. The van der Waals surface area contributed by atoms with Crippen molar-refractivity contribution in [1.29, 1.82) is 0 Å². The van der Waals surface area contributed by atoms with E-state index in [0.29, 0.717) is 17.1 Å². The Hall–Kier alpha value is -0.730. The van der Waals surface area contributed by atoms with Crippen LogP contribution in [0.1, 0.15) is 22.8 Å². The molecule has 0 saturated carbocycles. The number of hydrogen-bond donors (Lipinski definition) is 1. The first-order valence-corrected chi connectivity index (χ1v) is 5.50. The van der Waals surface area contributed by atoms with Gasteiger partial charge in [-0.1, -0.05) is 17.7 Å². The molecule has 0 aliphatic carbocycles. The van der Waals surface area contributed by atoms with E-state index in [2.05, 4.69) is 5.32 Å². The highest BCUT2D eigenvalue weighted by Crippen LogP contribution is 2.15. The number of aryl methyl sites for hydroxylation is 1. The normalized spacial score (nSPS) is 12.3. The van der Waals surface area contributed by atoms with Crippen LogP contribution in [0, 0.1) is 6.92 Å². The zero-order valence-corrected chi connectivity index (χ0v) is 10.2. The van der Waals surface area contributed by atoms with Gasteiger partial charge in [0.1, 0.15) is 0 Å². The van der Waals surface area contributed by atoms with Crippen LogP contribution in [0.2, 0.25) is 5.02 Å². The summed E-state index contributed by atoms with van der Waals surface area (Å²) in [4.78, 5) is 11.7. The highest BCUT2D eigenvalue weighted by atomic mass is 35.5. The lowest BCUT2D eigenvalue weighted by Crippen LogP contribution is -2.29. The van der Waals surface area contributed by atoms with Crippen molar-refractivity contribution >= 4 is 29.1 Å². The van der Waals surface area contributed by atoms with Crippen LogP contribution in [0.15, 0.2) is 18.2 Å². The van der Waals surface area contributed by atoms with Gasteiger partial charge >= 0.3 is 0 Å². The largest absolute Gasteiger partial charge is 0.351 e. The summed E-state index contributed by atoms with van der Waals surface area (Å²) < 4.78 is 0. The molecule has 82 valence electrons. The average molecular weight is 246 g/mol. The summed E-state index contributed by atoms with van der Waals surface area (Å²) in [5, 5.41) is 3.22. The summed E-state index contributed by atoms with van der Waals surface area (Å²) in [5.74, 6) is -0.137. The van der Waals surface area contributed by atoms with E-state index in [9.17, 15) is 4.79 Å². The summed E-state index contributed by atoms with van der Waals surface area (Å²) in [6.45, 7) is 4.15. The number of carbonyl (C=O) groups is 1. The van der Waals surface area contributed by atoms with Crippen LogP contribution in [0.25, 0.3) is 0 Å². The molecule has 1 rings (SSSR count). The SMILES string of the molecule is Cc1ccc(Cl)cc1C(=O)NCC(C)Cl. The lowest BCUT2D eigenvalue weighted by molar-refractivity contribution is 0.0953. The van der Waals surface area contributed by atoms with E-state index < -0.39 is 0 Å². The van der Waals surface area contributed by atoms with Crippen LogP contribution in [0.3, 0.4) is 0 Å². The van der Waals surface area contributed by atoms with Crippen LogP contribution in [0.5, 0.6) is 0 Å². The van der Waals surface area contributed by atoms with Gasteiger partial charge in [0.2, 0.25) is 0 Å². The van der Waals surface area contributed by atoms with Gasteiger partial charge in [-0.3, -0.25) is 4.79 Å². The third-order valence-electron chi connectivity index (χ3n) is 1.99. The van der Waals surface area contributed by atoms with Crippen molar-refractivity contribution in [3.05, 3.63) is 34.3 Å². The van der Waals surface area contributed by atoms with Crippen LogP contribution in [0.4, 0.5) is 0 Å². The van der Waals surface area contributed by atoms with E-state index in [1.807, 2.05) is 19.9 Å². The highest BCUT2D eigenvalue weighted by molar-refractivity contribution is 6.31. The number of rotatable bonds is 3. The topological polar surface area (TPSA) is 29.1 Å². The van der Waals surface area contributed by atoms with Gasteiger partial charge in [-0.15, -0.1) is 11.6 Å². The summed E-state index contributed by atoms with van der Waals surface area (Å²) >= 11 is 11.6. The summed E-state index contributed by atoms with van der Waals surface area (Å²) in [5.41, 5.74) is 1.50. The standard InChI is InChI=1S/C11H13Cl2NO/c1-7-3-4-9(13)5-10(7)11(15)14-6-8(2)12/h3-5,8H,6H2,1-2H3,(H,14,15). The zero-order valence-electron chi connectivity index (χ0n) is 8.68. The van der Waals surface area contributed by atoms with Gasteiger partial charge in [0.25, 0.3) is 5.91 Å². The summed E-state index contributed by atoms with van der Waals surface area (Å²) in [7, 11) is 0. The van der Waals surface area contributed by atoms with Crippen LogP contribution in [-0.2, 0) is 0 Å². The minimum absolute atomic E-state index is 0.0755. The van der Waals surface area contributed by atoms with Crippen molar-refractivity contribution in [2.45, 2.75) is 19.2 Å². The predicted molar refractivity (Wildman–Crippen MR) is 63.8 cm³/mol. The van der Waals surface area contributed by atoms with Crippen molar-refractivity contribution < 1.29 is 4.79 Å². The lowest BCUT2D eigenvalue weighted by Gasteiger charge is -2.08. The first-order valence-electron chi connectivity index (χ1n) is 4.69. The van der Waals surface area contributed by atoms with Crippen molar-refractivity contribution in [2.75, 3.05) is 6.54 Å². The van der Waals surface area contributed by atoms with Gasteiger partial charge in [0, 0.05) is 22.5 Å². The molecule has 1 aromatic rings. The minimum atomic E-state index is -0.137. The number of hydrogen-bond acceptors (Lipinski definition) is 1. The number of halogens is 2. The molecule has 1 N–H and O–H groups in total. The molecule has 0 fully saturated rings. The maximum Gasteiger partial charge on any atom is 0.251 e. The molecule has 2 nitrogen and oxygen atoms in total. The molecule has 0 heterocycles. The second kappa shape index (κ2) is 5.38. The molecular weight excluding hydrogens is 233 g/mol. The molecule has 0 aliphatic rings. The number of nitrogens with one attached hydrogen (secondary N) is 1. The van der Waals surface area contributed by atoms with E-state index in [4.69, 9.17) is 23.2 Å². The zero-order chi connectivity index (χ0) is 11.4. The highest BCUT2D eigenvalue weighted by Gasteiger charge is 2.09. The molecule has 1 amide bonds. The Bertz CT molecular complexity index is 364. The van der Waals surface area contributed by atoms with Gasteiger partial charge in [-0.05, 0) is 31.5 Å². The fraction of sp³-hybridized carbons (Fsp3) is 0.364. The fourth-order valence-corrected chi connectivity index (χ4v) is 1.42. The molecule has 0 saturated heterocycles. The molecule has 0 radical (unpaired) electrons. The van der Waals surface area contributed by atoms with Crippen LogP contribution in [-0.4, -0.2) is 17.8 Å². The molecule has 1 unspecified atom stereocenters. The van der Waals surface area contributed by atoms with E-state index >= 15 is 0 Å². The fourth-order valence-electron chi connectivity index (χ4n) is 1.17. The Kier molecular flexibility index (Phi) is 4.43. The van der Waals surface area contributed by atoms with E-state index in [1.165, 1.54) is 0 Å². The predicted octanol–water partition coefficient (Wildman–Crippen LogP) is 3.01. The smallest absolute Gasteiger partial charge is 0.251 e. The maximum absolute atomic E-state index is 11.7. The van der Waals surface area contributed by atoms with Crippen LogP contribution >= 0.6 is 23.2 Å². The second-order valence-corrected chi connectivity index (χ2v) is 4.63. The number of carbonyl (C=O) groups excluding carboxylic acids is 1. The third-order valence-corrected chi connectivity index (χ3v) is 2.38. The minimum Gasteiger partial charge on any atom is -0.351 e. The molecule has 1 atom stereocenters. The van der Waals surface area contributed by atoms with Crippen molar-refractivity contribution in [2.24, 2.45) is 0 Å². The molecule has 15 heavy (non-hydrogen) atoms. The molecule has 0 aliphatic heterocycles. The summed E-state index contributed by atoms with van der Waals surface area (Å²) in [6.07, 6.45) is 0. The van der Waals surface area contributed by atoms with Gasteiger partial charge < -0.3 is 5.32 Å². The lowest BCUT2D eigenvalue weighted by atomic mass is 10.1. The van der Waals surface area contributed by atoms with E-state index in [0.717, 1.165) is 5.56 Å². The summed E-state index contributed by atoms with van der Waals surface area (Å²) in [6, 6.07) is 5.24. The molecule has 4 heteroatoms. The van der Waals surface area contributed by atoms with E-state index in [1.54, 1.807) is 12.1 Å². The van der Waals surface area contributed by atoms with Crippen LogP contribution < -0.4 is 5.32 Å². The maximum atomic E-state index is 11.7. The average Bonchev–Trinajstić information content (AvgIpc) is 2.18. The molecule has 1 aromatic carbocycles. The van der Waals surface area contributed by atoms with Gasteiger partial charge in [0.15, 0.2) is 0 Å². The Morgan fingerprint density at radius 1 is 1.53 bits per heavy atom. The van der Waals surface area contributed by atoms with Crippen molar-refractivity contribution in [3.63, 3.8) is 0 Å². The quantitative estimate of drug-likeness (QED) is 0.816. The number of alkyl halides is 1. The molecule has 0 aromatic heterocycles. The van der Waals surface area contributed by atoms with Gasteiger partial charge in [-0.25, -0.2) is 0 Å². The van der Waals surface area contributed by atoms with Crippen molar-refractivity contribution in [1.82, 2.24) is 5.32 Å².